The Kier molecular flexibility index (Phi) is 6.72. The summed E-state index contributed by atoms with van der Waals surface area (Å²) in [5.41, 5.74) is 6.43. The predicted octanol–water partition coefficient (Wildman–Crippen LogP) is 1.33. The number of carbonyl (C=O) groups is 2. The average Bonchev–Trinajstić information content (AvgIpc) is 3.40. The van der Waals surface area contributed by atoms with Crippen LogP contribution in [0.5, 0.6) is 11.5 Å². The Morgan fingerprint density at radius 2 is 1.88 bits per heavy atom. The van der Waals surface area contributed by atoms with Gasteiger partial charge in [-0.1, -0.05) is 0 Å². The molecular weight excluding hydrogens is 358 g/mol. The first-order valence-electron chi connectivity index (χ1n) is 8.59. The Morgan fingerprint density at radius 3 is 2.38 bits per heavy atom. The summed E-state index contributed by atoms with van der Waals surface area (Å²) in [6.45, 7) is 0.789. The molecule has 2 aliphatic rings. The van der Waals surface area contributed by atoms with Crippen LogP contribution >= 0.6 is 12.4 Å². The van der Waals surface area contributed by atoms with Crippen LogP contribution in [0.2, 0.25) is 0 Å². The molecule has 0 aromatic heterocycles. The highest BCUT2D eigenvalue weighted by molar-refractivity contribution is 6.00. The van der Waals surface area contributed by atoms with Gasteiger partial charge in [-0.15, -0.1) is 12.4 Å². The third-order valence-corrected chi connectivity index (χ3v) is 4.92. The molecule has 0 radical (unpaired) electrons. The number of anilines is 1. The maximum absolute atomic E-state index is 12.5. The smallest absolute Gasteiger partial charge is 0.227 e. The fourth-order valence-electron chi connectivity index (χ4n) is 3.25. The lowest BCUT2D eigenvalue weighted by Gasteiger charge is -2.20. The van der Waals surface area contributed by atoms with E-state index in [0.29, 0.717) is 36.2 Å². The van der Waals surface area contributed by atoms with Gasteiger partial charge in [0.05, 0.1) is 25.8 Å². The van der Waals surface area contributed by atoms with Crippen molar-refractivity contribution in [1.29, 1.82) is 0 Å². The number of amides is 2. The van der Waals surface area contributed by atoms with Crippen LogP contribution in [-0.2, 0) is 9.59 Å². The molecule has 1 saturated carbocycles. The Labute approximate surface area is 159 Å². The number of ether oxygens (including phenoxy) is 2. The van der Waals surface area contributed by atoms with Crippen LogP contribution < -0.4 is 25.4 Å². The maximum Gasteiger partial charge on any atom is 0.227 e. The van der Waals surface area contributed by atoms with Gasteiger partial charge >= 0.3 is 0 Å². The lowest BCUT2D eigenvalue weighted by atomic mass is 10.1. The van der Waals surface area contributed by atoms with Gasteiger partial charge in [0.1, 0.15) is 11.5 Å². The van der Waals surface area contributed by atoms with Crippen molar-refractivity contribution in [3.63, 3.8) is 0 Å². The molecule has 26 heavy (non-hydrogen) atoms. The van der Waals surface area contributed by atoms with Crippen molar-refractivity contribution in [3.05, 3.63) is 18.2 Å². The van der Waals surface area contributed by atoms with E-state index in [4.69, 9.17) is 15.2 Å². The van der Waals surface area contributed by atoms with E-state index in [1.165, 1.54) is 0 Å². The molecule has 1 heterocycles. The van der Waals surface area contributed by atoms with E-state index in [2.05, 4.69) is 5.32 Å². The molecule has 1 aliphatic carbocycles. The van der Waals surface area contributed by atoms with Crippen molar-refractivity contribution >= 4 is 29.9 Å². The molecular formula is C18H26ClN3O4. The predicted molar refractivity (Wildman–Crippen MR) is 101 cm³/mol. The van der Waals surface area contributed by atoms with Crippen LogP contribution in [0, 0.1) is 11.8 Å². The van der Waals surface area contributed by atoms with E-state index in [9.17, 15) is 9.59 Å². The van der Waals surface area contributed by atoms with E-state index in [-0.39, 0.29) is 42.6 Å². The highest BCUT2D eigenvalue weighted by Crippen LogP contribution is 2.34. The number of rotatable bonds is 7. The second-order valence-electron chi connectivity index (χ2n) is 6.66. The zero-order valence-corrected chi connectivity index (χ0v) is 15.9. The summed E-state index contributed by atoms with van der Waals surface area (Å²) in [5.74, 6) is 1.17. The average molecular weight is 384 g/mol. The number of methoxy groups -OCH3 is 2. The molecule has 3 rings (SSSR count). The lowest BCUT2D eigenvalue weighted by Crippen LogP contribution is -2.45. The SMILES string of the molecule is COc1cc(OC)cc(N2CC(C(=O)NC(CN)C3CC3)CC2=O)c1.Cl. The van der Waals surface area contributed by atoms with Crippen LogP contribution in [0.1, 0.15) is 19.3 Å². The minimum Gasteiger partial charge on any atom is -0.497 e. The lowest BCUT2D eigenvalue weighted by molar-refractivity contribution is -0.127. The van der Waals surface area contributed by atoms with E-state index < -0.39 is 0 Å². The summed E-state index contributed by atoms with van der Waals surface area (Å²) in [5, 5.41) is 3.02. The molecule has 0 spiro atoms. The molecule has 7 nitrogen and oxygen atoms in total. The number of nitrogens with zero attached hydrogens (tertiary/aromatic N) is 1. The van der Waals surface area contributed by atoms with Gasteiger partial charge in [0.15, 0.2) is 0 Å². The van der Waals surface area contributed by atoms with Gasteiger partial charge in [-0.05, 0) is 18.8 Å². The van der Waals surface area contributed by atoms with Crippen LogP contribution in [-0.4, -0.2) is 45.2 Å². The van der Waals surface area contributed by atoms with Crippen LogP contribution in [0.15, 0.2) is 18.2 Å². The van der Waals surface area contributed by atoms with E-state index >= 15 is 0 Å². The van der Waals surface area contributed by atoms with Crippen molar-refractivity contribution in [1.82, 2.24) is 5.32 Å². The van der Waals surface area contributed by atoms with Gasteiger partial charge < -0.3 is 25.4 Å². The quantitative estimate of drug-likeness (QED) is 0.740. The summed E-state index contributed by atoms with van der Waals surface area (Å²) in [4.78, 5) is 26.6. The highest BCUT2D eigenvalue weighted by atomic mass is 35.5. The summed E-state index contributed by atoms with van der Waals surface area (Å²) in [7, 11) is 3.12. The molecule has 144 valence electrons. The zero-order chi connectivity index (χ0) is 18.0. The number of carbonyl (C=O) groups excluding carboxylic acids is 2. The molecule has 1 aromatic carbocycles. The fraction of sp³-hybridized carbons (Fsp3) is 0.556. The minimum atomic E-state index is -0.363. The van der Waals surface area contributed by atoms with Gasteiger partial charge in [-0.25, -0.2) is 0 Å². The summed E-state index contributed by atoms with van der Waals surface area (Å²) in [6, 6.07) is 5.31. The van der Waals surface area contributed by atoms with E-state index in [1.54, 1.807) is 37.3 Å². The fourth-order valence-corrected chi connectivity index (χ4v) is 3.25. The molecule has 1 aliphatic heterocycles. The summed E-state index contributed by atoms with van der Waals surface area (Å²) in [6.07, 6.45) is 2.43. The number of hydrogen-bond acceptors (Lipinski definition) is 5. The van der Waals surface area contributed by atoms with Crippen molar-refractivity contribution in [2.45, 2.75) is 25.3 Å². The number of halogens is 1. The molecule has 1 saturated heterocycles. The molecule has 2 unspecified atom stereocenters. The highest BCUT2D eigenvalue weighted by Gasteiger charge is 2.38. The maximum atomic E-state index is 12.5. The van der Waals surface area contributed by atoms with Gasteiger partial charge in [-0.2, -0.15) is 0 Å². The summed E-state index contributed by atoms with van der Waals surface area (Å²) < 4.78 is 10.5. The molecule has 8 heteroatoms. The Morgan fingerprint density at radius 1 is 1.27 bits per heavy atom. The monoisotopic (exact) mass is 383 g/mol. The van der Waals surface area contributed by atoms with Gasteiger partial charge in [0.25, 0.3) is 0 Å². The number of benzene rings is 1. The number of nitrogens with two attached hydrogens (primary N) is 1. The molecule has 2 amide bonds. The third kappa shape index (κ3) is 4.40. The van der Waals surface area contributed by atoms with Crippen LogP contribution in [0.4, 0.5) is 5.69 Å². The molecule has 2 fully saturated rings. The van der Waals surface area contributed by atoms with Gasteiger partial charge in [-0.3, -0.25) is 9.59 Å². The molecule has 1 aromatic rings. The number of hydrogen-bond donors (Lipinski definition) is 2. The first kappa shape index (κ1) is 20.3. The van der Waals surface area contributed by atoms with Crippen molar-refractivity contribution in [2.24, 2.45) is 17.6 Å². The minimum absolute atomic E-state index is 0. The van der Waals surface area contributed by atoms with E-state index in [1.807, 2.05) is 0 Å². The first-order chi connectivity index (χ1) is 12.0. The largest absolute Gasteiger partial charge is 0.497 e. The van der Waals surface area contributed by atoms with Crippen LogP contribution in [0.3, 0.4) is 0 Å². The molecule has 3 N–H and O–H groups in total. The zero-order valence-electron chi connectivity index (χ0n) is 15.1. The second kappa shape index (κ2) is 8.60. The van der Waals surface area contributed by atoms with Crippen molar-refractivity contribution < 1.29 is 19.1 Å². The van der Waals surface area contributed by atoms with Crippen molar-refractivity contribution in [2.75, 3.05) is 32.2 Å². The van der Waals surface area contributed by atoms with Crippen LogP contribution in [0.25, 0.3) is 0 Å². The normalized spacial score (nSPS) is 20.3. The Bertz CT molecular complexity index is 644. The standard InChI is InChI=1S/C18H25N3O4.ClH/c1-24-14-6-13(7-15(8-14)25-2)21-10-12(5-17(21)22)18(23)20-16(9-19)11-3-4-11;/h6-8,11-12,16H,3-5,9-10,19H2,1-2H3,(H,20,23);1H. The summed E-state index contributed by atoms with van der Waals surface area (Å²) >= 11 is 0. The Balaban J connectivity index is 0.00000243. The Hall–Kier alpha value is -1.99. The van der Waals surface area contributed by atoms with E-state index in [0.717, 1.165) is 12.8 Å². The first-order valence-corrected chi connectivity index (χ1v) is 8.59. The second-order valence-corrected chi connectivity index (χ2v) is 6.66. The molecule has 2 atom stereocenters. The third-order valence-electron chi connectivity index (χ3n) is 4.92. The topological polar surface area (TPSA) is 93.9 Å². The molecule has 0 bridgehead atoms. The van der Waals surface area contributed by atoms with Gasteiger partial charge in [0, 0.05) is 43.8 Å². The van der Waals surface area contributed by atoms with Crippen molar-refractivity contribution in [3.8, 4) is 11.5 Å². The van der Waals surface area contributed by atoms with Gasteiger partial charge in [0.2, 0.25) is 11.8 Å². The number of nitrogens with one attached hydrogen (secondary N) is 1.